The summed E-state index contributed by atoms with van der Waals surface area (Å²) < 4.78 is 23.4. The SMILES string of the molecule is CS(=O)(=O)c1ccccc1CC(=O)NCc1ccccc1. The highest BCUT2D eigenvalue weighted by molar-refractivity contribution is 7.90. The minimum atomic E-state index is -3.33. The van der Waals surface area contributed by atoms with Gasteiger partial charge < -0.3 is 5.32 Å². The number of hydrogen-bond donors (Lipinski definition) is 1. The first-order chi connectivity index (χ1) is 9.97. The smallest absolute Gasteiger partial charge is 0.224 e. The lowest BCUT2D eigenvalue weighted by Gasteiger charge is -2.08. The van der Waals surface area contributed by atoms with Crippen molar-refractivity contribution < 1.29 is 13.2 Å². The van der Waals surface area contributed by atoms with E-state index < -0.39 is 9.84 Å². The van der Waals surface area contributed by atoms with Crippen molar-refractivity contribution >= 4 is 15.7 Å². The highest BCUT2D eigenvalue weighted by Crippen LogP contribution is 2.15. The minimum absolute atomic E-state index is 0.0517. The predicted molar refractivity (Wildman–Crippen MR) is 81.5 cm³/mol. The number of benzene rings is 2. The second-order valence-electron chi connectivity index (χ2n) is 4.82. The Kier molecular flexibility index (Phi) is 4.75. The van der Waals surface area contributed by atoms with Gasteiger partial charge in [0.05, 0.1) is 11.3 Å². The van der Waals surface area contributed by atoms with Crippen LogP contribution in [0.15, 0.2) is 59.5 Å². The highest BCUT2D eigenvalue weighted by atomic mass is 32.2. The summed E-state index contributed by atoms with van der Waals surface area (Å²) in [6.45, 7) is 0.431. The van der Waals surface area contributed by atoms with Crippen LogP contribution in [0.25, 0.3) is 0 Å². The van der Waals surface area contributed by atoms with E-state index in [-0.39, 0.29) is 17.2 Å². The van der Waals surface area contributed by atoms with Crippen LogP contribution in [0, 0.1) is 0 Å². The van der Waals surface area contributed by atoms with Crippen molar-refractivity contribution in [1.82, 2.24) is 5.32 Å². The Labute approximate surface area is 124 Å². The van der Waals surface area contributed by atoms with E-state index in [2.05, 4.69) is 5.32 Å². The molecular formula is C16H17NO3S. The molecule has 2 aromatic rings. The molecule has 110 valence electrons. The van der Waals surface area contributed by atoms with Crippen LogP contribution < -0.4 is 5.32 Å². The number of carbonyl (C=O) groups is 1. The molecule has 0 heterocycles. The maximum Gasteiger partial charge on any atom is 0.224 e. The first-order valence-electron chi connectivity index (χ1n) is 6.55. The fourth-order valence-electron chi connectivity index (χ4n) is 2.04. The standard InChI is InChI=1S/C16H17NO3S/c1-21(19,20)15-10-6-5-9-14(15)11-16(18)17-12-13-7-3-2-4-8-13/h2-10H,11-12H2,1H3,(H,17,18). The summed E-state index contributed by atoms with van der Waals surface area (Å²) in [6, 6.07) is 16.1. The van der Waals surface area contributed by atoms with Crippen LogP contribution >= 0.6 is 0 Å². The second kappa shape index (κ2) is 6.54. The van der Waals surface area contributed by atoms with Crippen LogP contribution in [0.2, 0.25) is 0 Å². The molecule has 1 amide bonds. The number of hydrogen-bond acceptors (Lipinski definition) is 3. The van der Waals surface area contributed by atoms with Crippen molar-refractivity contribution in [3.8, 4) is 0 Å². The van der Waals surface area contributed by atoms with E-state index in [1.165, 1.54) is 6.07 Å². The Balaban J connectivity index is 2.04. The molecule has 0 saturated heterocycles. The molecule has 0 bridgehead atoms. The zero-order valence-electron chi connectivity index (χ0n) is 11.7. The van der Waals surface area contributed by atoms with E-state index in [4.69, 9.17) is 0 Å². The molecule has 5 heteroatoms. The summed E-state index contributed by atoms with van der Waals surface area (Å²) in [5.74, 6) is -0.199. The van der Waals surface area contributed by atoms with Crippen molar-refractivity contribution in [1.29, 1.82) is 0 Å². The van der Waals surface area contributed by atoms with E-state index in [0.717, 1.165) is 11.8 Å². The summed E-state index contributed by atoms with van der Waals surface area (Å²) in [4.78, 5) is 12.2. The fraction of sp³-hybridized carbons (Fsp3) is 0.188. The van der Waals surface area contributed by atoms with E-state index >= 15 is 0 Å². The van der Waals surface area contributed by atoms with E-state index in [1.54, 1.807) is 18.2 Å². The molecule has 2 aromatic carbocycles. The van der Waals surface area contributed by atoms with Gasteiger partial charge in [-0.1, -0.05) is 48.5 Å². The largest absolute Gasteiger partial charge is 0.352 e. The Morgan fingerprint density at radius 3 is 2.29 bits per heavy atom. The van der Waals surface area contributed by atoms with Crippen LogP contribution in [0.4, 0.5) is 0 Å². The Morgan fingerprint density at radius 2 is 1.62 bits per heavy atom. The van der Waals surface area contributed by atoms with Crippen molar-refractivity contribution in [3.63, 3.8) is 0 Å². The molecule has 0 fully saturated rings. The quantitative estimate of drug-likeness (QED) is 0.918. The van der Waals surface area contributed by atoms with E-state index in [9.17, 15) is 13.2 Å². The molecule has 21 heavy (non-hydrogen) atoms. The van der Waals surface area contributed by atoms with Gasteiger partial charge in [-0.3, -0.25) is 4.79 Å². The van der Waals surface area contributed by atoms with Gasteiger partial charge in [-0.2, -0.15) is 0 Å². The molecule has 0 aliphatic carbocycles. The van der Waals surface area contributed by atoms with E-state index in [0.29, 0.717) is 12.1 Å². The monoisotopic (exact) mass is 303 g/mol. The van der Waals surface area contributed by atoms with Gasteiger partial charge in [-0.05, 0) is 17.2 Å². The van der Waals surface area contributed by atoms with Gasteiger partial charge in [0.15, 0.2) is 9.84 Å². The van der Waals surface area contributed by atoms with E-state index in [1.807, 2.05) is 30.3 Å². The lowest BCUT2D eigenvalue weighted by Crippen LogP contribution is -2.25. The molecule has 2 rings (SSSR count). The Bertz CT molecular complexity index is 724. The van der Waals surface area contributed by atoms with Gasteiger partial charge >= 0.3 is 0 Å². The number of sulfone groups is 1. The summed E-state index contributed by atoms with van der Waals surface area (Å²) in [7, 11) is -3.33. The molecule has 0 aliphatic heterocycles. The third-order valence-electron chi connectivity index (χ3n) is 3.06. The Hall–Kier alpha value is -2.14. The highest BCUT2D eigenvalue weighted by Gasteiger charge is 2.14. The minimum Gasteiger partial charge on any atom is -0.352 e. The van der Waals surface area contributed by atoms with Crippen molar-refractivity contribution in [2.45, 2.75) is 17.9 Å². The second-order valence-corrected chi connectivity index (χ2v) is 6.80. The molecule has 0 unspecified atom stereocenters. The number of rotatable bonds is 5. The third-order valence-corrected chi connectivity index (χ3v) is 4.25. The predicted octanol–water partition coefficient (Wildman–Crippen LogP) is 1.95. The maximum absolute atomic E-state index is 12.0. The van der Waals surface area contributed by atoms with Gasteiger partial charge in [0, 0.05) is 12.8 Å². The first kappa shape index (κ1) is 15.3. The average Bonchev–Trinajstić information content (AvgIpc) is 2.46. The molecular weight excluding hydrogens is 286 g/mol. The summed E-state index contributed by atoms with van der Waals surface area (Å²) in [6.07, 6.45) is 1.20. The molecule has 0 aliphatic rings. The normalized spacial score (nSPS) is 11.1. The van der Waals surface area contributed by atoms with Crippen molar-refractivity contribution in [2.24, 2.45) is 0 Å². The van der Waals surface area contributed by atoms with Crippen molar-refractivity contribution in [2.75, 3.05) is 6.26 Å². The molecule has 0 saturated carbocycles. The Morgan fingerprint density at radius 1 is 1.00 bits per heavy atom. The van der Waals surface area contributed by atoms with Gasteiger partial charge in [0.1, 0.15) is 0 Å². The van der Waals surface area contributed by atoms with Crippen LogP contribution in [0.1, 0.15) is 11.1 Å². The third kappa shape index (κ3) is 4.43. The van der Waals surface area contributed by atoms with Gasteiger partial charge in [0.25, 0.3) is 0 Å². The summed E-state index contributed by atoms with van der Waals surface area (Å²) in [5, 5.41) is 2.79. The van der Waals surface area contributed by atoms with Crippen LogP contribution in [0.3, 0.4) is 0 Å². The van der Waals surface area contributed by atoms with Crippen LogP contribution in [-0.4, -0.2) is 20.6 Å². The first-order valence-corrected chi connectivity index (χ1v) is 8.44. The zero-order valence-corrected chi connectivity index (χ0v) is 12.6. The van der Waals surface area contributed by atoms with Gasteiger partial charge in [0.2, 0.25) is 5.91 Å². The lowest BCUT2D eigenvalue weighted by atomic mass is 10.1. The average molecular weight is 303 g/mol. The maximum atomic E-state index is 12.0. The molecule has 0 radical (unpaired) electrons. The number of carbonyl (C=O) groups excluding carboxylic acids is 1. The van der Waals surface area contributed by atoms with Crippen LogP contribution in [0.5, 0.6) is 0 Å². The summed E-state index contributed by atoms with van der Waals surface area (Å²) in [5.41, 5.74) is 1.52. The molecule has 4 nitrogen and oxygen atoms in total. The fourth-order valence-corrected chi connectivity index (χ4v) is 2.99. The number of amides is 1. The molecule has 0 spiro atoms. The van der Waals surface area contributed by atoms with Gasteiger partial charge in [-0.15, -0.1) is 0 Å². The molecule has 0 aromatic heterocycles. The summed E-state index contributed by atoms with van der Waals surface area (Å²) >= 11 is 0. The molecule has 1 N–H and O–H groups in total. The zero-order chi connectivity index (χ0) is 15.3. The topological polar surface area (TPSA) is 63.2 Å². The lowest BCUT2D eigenvalue weighted by molar-refractivity contribution is -0.120. The molecule has 0 atom stereocenters. The van der Waals surface area contributed by atoms with Crippen LogP contribution in [-0.2, 0) is 27.6 Å². The van der Waals surface area contributed by atoms with Crippen molar-refractivity contribution in [3.05, 3.63) is 65.7 Å². The van der Waals surface area contributed by atoms with Gasteiger partial charge in [-0.25, -0.2) is 8.42 Å². The number of nitrogens with one attached hydrogen (secondary N) is 1.